The van der Waals surface area contributed by atoms with Crippen molar-refractivity contribution in [1.82, 2.24) is 0 Å². The van der Waals surface area contributed by atoms with E-state index >= 15 is 0 Å². The Morgan fingerprint density at radius 2 is 2.20 bits per heavy atom. The standard InChI is InChI=1S/C12H16ClFO/c1-3-9(8-13)7-10-5-4-6-11(15-2)12(10)14/h4-6,9H,3,7-8H2,1-2H3. The monoisotopic (exact) mass is 230 g/mol. The highest BCUT2D eigenvalue weighted by Crippen LogP contribution is 2.23. The third kappa shape index (κ3) is 3.10. The van der Waals surface area contributed by atoms with Crippen molar-refractivity contribution in [3.63, 3.8) is 0 Å². The fraction of sp³-hybridized carbons (Fsp3) is 0.500. The van der Waals surface area contributed by atoms with Crippen LogP contribution in [0.4, 0.5) is 4.39 Å². The minimum Gasteiger partial charge on any atom is -0.494 e. The van der Waals surface area contributed by atoms with Crippen molar-refractivity contribution in [2.24, 2.45) is 5.92 Å². The lowest BCUT2D eigenvalue weighted by Crippen LogP contribution is -2.07. The van der Waals surface area contributed by atoms with Gasteiger partial charge in [0.25, 0.3) is 0 Å². The van der Waals surface area contributed by atoms with Crippen molar-refractivity contribution in [2.75, 3.05) is 13.0 Å². The molecule has 0 aliphatic heterocycles. The summed E-state index contributed by atoms with van der Waals surface area (Å²) in [5, 5.41) is 0. The molecule has 0 spiro atoms. The number of hydrogen-bond donors (Lipinski definition) is 0. The van der Waals surface area contributed by atoms with Gasteiger partial charge in [-0.15, -0.1) is 11.6 Å². The van der Waals surface area contributed by atoms with Crippen LogP contribution in [0.5, 0.6) is 5.75 Å². The Balaban J connectivity index is 2.85. The second kappa shape index (κ2) is 5.96. The van der Waals surface area contributed by atoms with Gasteiger partial charge < -0.3 is 4.74 Å². The van der Waals surface area contributed by atoms with Crippen molar-refractivity contribution in [2.45, 2.75) is 19.8 Å². The van der Waals surface area contributed by atoms with Crippen molar-refractivity contribution < 1.29 is 9.13 Å². The zero-order valence-corrected chi connectivity index (χ0v) is 9.85. The highest BCUT2D eigenvalue weighted by molar-refractivity contribution is 6.18. The van der Waals surface area contributed by atoms with E-state index < -0.39 is 0 Å². The predicted octanol–water partition coefficient (Wildman–Crippen LogP) is 3.64. The van der Waals surface area contributed by atoms with E-state index in [1.165, 1.54) is 7.11 Å². The second-order valence-corrected chi connectivity index (χ2v) is 3.87. The summed E-state index contributed by atoms with van der Waals surface area (Å²) in [6, 6.07) is 5.21. The van der Waals surface area contributed by atoms with Crippen LogP contribution in [0.3, 0.4) is 0 Å². The topological polar surface area (TPSA) is 9.23 Å². The molecule has 0 saturated heterocycles. The zero-order chi connectivity index (χ0) is 11.3. The van der Waals surface area contributed by atoms with E-state index in [4.69, 9.17) is 16.3 Å². The largest absolute Gasteiger partial charge is 0.494 e. The molecule has 1 atom stereocenters. The number of hydrogen-bond acceptors (Lipinski definition) is 1. The zero-order valence-electron chi connectivity index (χ0n) is 9.09. The molecule has 0 heterocycles. The fourth-order valence-electron chi connectivity index (χ4n) is 1.49. The Hall–Kier alpha value is -0.760. The molecular weight excluding hydrogens is 215 g/mol. The van der Waals surface area contributed by atoms with Crippen LogP contribution in [-0.4, -0.2) is 13.0 Å². The summed E-state index contributed by atoms with van der Waals surface area (Å²) in [6.07, 6.45) is 1.63. The van der Waals surface area contributed by atoms with Gasteiger partial charge in [-0.3, -0.25) is 0 Å². The molecule has 0 aliphatic rings. The maximum atomic E-state index is 13.7. The Kier molecular flexibility index (Phi) is 4.89. The predicted molar refractivity (Wildman–Crippen MR) is 61.2 cm³/mol. The van der Waals surface area contributed by atoms with Crippen LogP contribution in [0.25, 0.3) is 0 Å². The van der Waals surface area contributed by atoms with Gasteiger partial charge in [-0.25, -0.2) is 4.39 Å². The van der Waals surface area contributed by atoms with Gasteiger partial charge in [0, 0.05) is 5.88 Å². The van der Waals surface area contributed by atoms with Gasteiger partial charge in [0.1, 0.15) is 0 Å². The van der Waals surface area contributed by atoms with E-state index in [0.717, 1.165) is 6.42 Å². The first-order valence-corrected chi connectivity index (χ1v) is 5.63. The van der Waals surface area contributed by atoms with Gasteiger partial charge >= 0.3 is 0 Å². The molecule has 0 amide bonds. The average molecular weight is 231 g/mol. The molecule has 0 aliphatic carbocycles. The summed E-state index contributed by atoms with van der Waals surface area (Å²) in [4.78, 5) is 0. The lowest BCUT2D eigenvalue weighted by Gasteiger charge is -2.12. The lowest BCUT2D eigenvalue weighted by molar-refractivity contribution is 0.382. The van der Waals surface area contributed by atoms with Crippen LogP contribution in [-0.2, 0) is 6.42 Å². The summed E-state index contributed by atoms with van der Waals surface area (Å²) in [5.74, 6) is 0.932. The molecule has 0 radical (unpaired) electrons. The van der Waals surface area contributed by atoms with Crippen LogP contribution in [0.2, 0.25) is 0 Å². The summed E-state index contributed by atoms with van der Waals surface area (Å²) in [7, 11) is 1.47. The number of methoxy groups -OCH3 is 1. The third-order valence-electron chi connectivity index (χ3n) is 2.57. The molecule has 1 aromatic carbocycles. The molecule has 0 aromatic heterocycles. The summed E-state index contributed by atoms with van der Waals surface area (Å²) >= 11 is 5.79. The molecule has 1 nitrogen and oxygen atoms in total. The number of rotatable bonds is 5. The number of halogens is 2. The maximum absolute atomic E-state index is 13.7. The minimum atomic E-state index is -0.261. The average Bonchev–Trinajstić information content (AvgIpc) is 2.28. The SMILES string of the molecule is CCC(CCl)Cc1cccc(OC)c1F. The first kappa shape index (κ1) is 12.3. The molecule has 0 fully saturated rings. The number of ether oxygens (including phenoxy) is 1. The lowest BCUT2D eigenvalue weighted by atomic mass is 9.98. The van der Waals surface area contributed by atoms with Crippen molar-refractivity contribution in [3.05, 3.63) is 29.6 Å². The van der Waals surface area contributed by atoms with Gasteiger partial charge in [-0.1, -0.05) is 25.5 Å². The van der Waals surface area contributed by atoms with Gasteiger partial charge in [0.2, 0.25) is 0 Å². The smallest absolute Gasteiger partial charge is 0.168 e. The van der Waals surface area contributed by atoms with E-state index in [2.05, 4.69) is 6.92 Å². The van der Waals surface area contributed by atoms with E-state index in [0.29, 0.717) is 29.5 Å². The number of benzene rings is 1. The molecule has 1 aromatic rings. The Morgan fingerprint density at radius 3 is 2.73 bits per heavy atom. The first-order chi connectivity index (χ1) is 7.22. The first-order valence-electron chi connectivity index (χ1n) is 5.10. The number of alkyl halides is 1. The summed E-state index contributed by atoms with van der Waals surface area (Å²) < 4.78 is 18.7. The van der Waals surface area contributed by atoms with E-state index in [1.54, 1.807) is 18.2 Å². The third-order valence-corrected chi connectivity index (χ3v) is 3.00. The van der Waals surface area contributed by atoms with E-state index in [1.807, 2.05) is 0 Å². The minimum absolute atomic E-state index is 0.261. The summed E-state index contributed by atoms with van der Waals surface area (Å²) in [6.45, 7) is 2.06. The Morgan fingerprint density at radius 1 is 1.47 bits per heavy atom. The van der Waals surface area contributed by atoms with Gasteiger partial charge in [0.05, 0.1) is 7.11 Å². The molecule has 0 N–H and O–H groups in total. The van der Waals surface area contributed by atoms with Gasteiger partial charge in [-0.2, -0.15) is 0 Å². The second-order valence-electron chi connectivity index (χ2n) is 3.57. The fourth-order valence-corrected chi connectivity index (χ4v) is 1.82. The van der Waals surface area contributed by atoms with Gasteiger partial charge in [0.15, 0.2) is 11.6 Å². The van der Waals surface area contributed by atoms with Crippen molar-refractivity contribution >= 4 is 11.6 Å². The normalized spacial score (nSPS) is 12.5. The van der Waals surface area contributed by atoms with Crippen LogP contribution >= 0.6 is 11.6 Å². The molecule has 0 saturated carbocycles. The molecule has 15 heavy (non-hydrogen) atoms. The van der Waals surface area contributed by atoms with Crippen molar-refractivity contribution in [3.8, 4) is 5.75 Å². The molecule has 84 valence electrons. The van der Waals surface area contributed by atoms with Crippen LogP contribution in [0.15, 0.2) is 18.2 Å². The molecule has 0 bridgehead atoms. The Bertz CT molecular complexity index is 310. The highest BCUT2D eigenvalue weighted by Gasteiger charge is 2.12. The van der Waals surface area contributed by atoms with E-state index in [9.17, 15) is 4.39 Å². The van der Waals surface area contributed by atoms with E-state index in [-0.39, 0.29) is 5.82 Å². The molecule has 1 unspecified atom stereocenters. The molecule has 3 heteroatoms. The van der Waals surface area contributed by atoms with Crippen LogP contribution in [0.1, 0.15) is 18.9 Å². The van der Waals surface area contributed by atoms with Crippen molar-refractivity contribution in [1.29, 1.82) is 0 Å². The maximum Gasteiger partial charge on any atom is 0.168 e. The van der Waals surface area contributed by atoms with Crippen LogP contribution < -0.4 is 4.74 Å². The molecule has 1 rings (SSSR count). The highest BCUT2D eigenvalue weighted by atomic mass is 35.5. The molecular formula is C12H16ClFO. The summed E-state index contributed by atoms with van der Waals surface area (Å²) in [5.41, 5.74) is 0.682. The Labute approximate surface area is 95.2 Å². The quantitative estimate of drug-likeness (QED) is 0.702. The van der Waals surface area contributed by atoms with Crippen LogP contribution in [0, 0.1) is 11.7 Å². The van der Waals surface area contributed by atoms with Gasteiger partial charge in [-0.05, 0) is 24.0 Å².